The number of benzene rings is 1. The maximum atomic E-state index is 5.34. The van der Waals surface area contributed by atoms with Crippen LogP contribution >= 0.6 is 0 Å². The van der Waals surface area contributed by atoms with Gasteiger partial charge in [-0.1, -0.05) is 25.1 Å². The lowest BCUT2D eigenvalue weighted by Gasteiger charge is -2.20. The minimum Gasteiger partial charge on any atom is -0.496 e. The van der Waals surface area contributed by atoms with Crippen molar-refractivity contribution < 1.29 is 4.74 Å². The van der Waals surface area contributed by atoms with Gasteiger partial charge in [-0.3, -0.25) is 0 Å². The van der Waals surface area contributed by atoms with E-state index >= 15 is 0 Å². The van der Waals surface area contributed by atoms with Gasteiger partial charge >= 0.3 is 0 Å². The van der Waals surface area contributed by atoms with Gasteiger partial charge in [-0.2, -0.15) is 0 Å². The maximum Gasteiger partial charge on any atom is 0.122 e. The molecule has 0 aromatic heterocycles. The molecule has 0 aliphatic heterocycles. The number of nitrogens with one attached hydrogen (secondary N) is 1. The average molecular weight is 207 g/mol. The molecule has 0 radical (unpaired) electrons. The molecule has 84 valence electrons. The van der Waals surface area contributed by atoms with Gasteiger partial charge in [0.15, 0.2) is 0 Å². The Kier molecular flexibility index (Phi) is 4.63. The highest BCUT2D eigenvalue weighted by Gasteiger charge is 2.12. The van der Waals surface area contributed by atoms with Crippen molar-refractivity contribution in [1.29, 1.82) is 0 Å². The van der Waals surface area contributed by atoms with Crippen LogP contribution in [0.2, 0.25) is 0 Å². The number of hydrogen-bond donors (Lipinski definition) is 1. The van der Waals surface area contributed by atoms with E-state index in [1.165, 1.54) is 5.56 Å². The Morgan fingerprint density at radius 2 is 1.93 bits per heavy atom. The first-order valence-corrected chi connectivity index (χ1v) is 5.48. The van der Waals surface area contributed by atoms with Gasteiger partial charge in [0, 0.05) is 6.04 Å². The summed E-state index contributed by atoms with van der Waals surface area (Å²) in [7, 11) is 3.73. The van der Waals surface area contributed by atoms with Gasteiger partial charge in [0.05, 0.1) is 7.11 Å². The van der Waals surface area contributed by atoms with Crippen molar-refractivity contribution in [2.75, 3.05) is 14.2 Å². The molecule has 0 heterocycles. The average Bonchev–Trinajstić information content (AvgIpc) is 2.28. The van der Waals surface area contributed by atoms with Crippen molar-refractivity contribution in [3.8, 4) is 5.75 Å². The van der Waals surface area contributed by atoms with Crippen LogP contribution < -0.4 is 10.1 Å². The first kappa shape index (κ1) is 12.1. The summed E-state index contributed by atoms with van der Waals surface area (Å²) in [6.45, 7) is 4.47. The highest BCUT2D eigenvalue weighted by Crippen LogP contribution is 2.21. The Balaban J connectivity index is 2.71. The molecule has 15 heavy (non-hydrogen) atoms. The molecule has 0 aliphatic carbocycles. The van der Waals surface area contributed by atoms with Crippen molar-refractivity contribution >= 4 is 0 Å². The van der Waals surface area contributed by atoms with Gasteiger partial charge in [-0.05, 0) is 37.9 Å². The Morgan fingerprint density at radius 3 is 2.53 bits per heavy atom. The molecule has 2 atom stereocenters. The molecular formula is C13H21NO. The molecule has 0 bridgehead atoms. The Morgan fingerprint density at radius 1 is 1.27 bits per heavy atom. The minimum absolute atomic E-state index is 0.523. The van der Waals surface area contributed by atoms with Crippen molar-refractivity contribution in [3.63, 3.8) is 0 Å². The van der Waals surface area contributed by atoms with Crippen molar-refractivity contribution in [3.05, 3.63) is 29.8 Å². The fourth-order valence-electron chi connectivity index (χ4n) is 1.68. The van der Waals surface area contributed by atoms with Gasteiger partial charge in [-0.15, -0.1) is 0 Å². The van der Waals surface area contributed by atoms with E-state index in [9.17, 15) is 0 Å². The second-order valence-corrected chi connectivity index (χ2v) is 4.07. The highest BCUT2D eigenvalue weighted by atomic mass is 16.5. The fraction of sp³-hybridized carbons (Fsp3) is 0.538. The molecule has 2 nitrogen and oxygen atoms in total. The fourth-order valence-corrected chi connectivity index (χ4v) is 1.68. The van der Waals surface area contributed by atoms with Crippen LogP contribution in [-0.4, -0.2) is 20.2 Å². The zero-order valence-corrected chi connectivity index (χ0v) is 10.1. The van der Waals surface area contributed by atoms with E-state index in [1.54, 1.807) is 7.11 Å². The standard InChI is InChI=1S/C13H21NO/c1-10(11(2)14-3)9-12-7-5-6-8-13(12)15-4/h5-8,10-11,14H,9H2,1-4H3. The van der Waals surface area contributed by atoms with Gasteiger partial charge in [0.25, 0.3) is 0 Å². The van der Waals surface area contributed by atoms with Crippen LogP contribution in [0.5, 0.6) is 5.75 Å². The van der Waals surface area contributed by atoms with Crippen molar-refractivity contribution in [2.45, 2.75) is 26.3 Å². The topological polar surface area (TPSA) is 21.3 Å². The van der Waals surface area contributed by atoms with E-state index in [4.69, 9.17) is 4.74 Å². The van der Waals surface area contributed by atoms with Gasteiger partial charge in [0.2, 0.25) is 0 Å². The minimum atomic E-state index is 0.523. The molecule has 0 fully saturated rings. The molecular weight excluding hydrogens is 186 g/mol. The predicted octanol–water partition coefficient (Wildman–Crippen LogP) is 2.48. The van der Waals surface area contributed by atoms with E-state index in [-0.39, 0.29) is 0 Å². The first-order valence-electron chi connectivity index (χ1n) is 5.48. The van der Waals surface area contributed by atoms with Gasteiger partial charge < -0.3 is 10.1 Å². The lowest BCUT2D eigenvalue weighted by atomic mass is 9.94. The van der Waals surface area contributed by atoms with E-state index in [0.717, 1.165) is 12.2 Å². The van der Waals surface area contributed by atoms with Crippen LogP contribution in [0, 0.1) is 5.92 Å². The van der Waals surface area contributed by atoms with Crippen molar-refractivity contribution in [1.82, 2.24) is 5.32 Å². The first-order chi connectivity index (χ1) is 7.19. The third-order valence-electron chi connectivity index (χ3n) is 3.04. The molecule has 0 saturated heterocycles. The summed E-state index contributed by atoms with van der Waals surface area (Å²) >= 11 is 0. The summed E-state index contributed by atoms with van der Waals surface area (Å²) < 4.78 is 5.34. The largest absolute Gasteiger partial charge is 0.496 e. The van der Waals surface area contributed by atoms with Crippen LogP contribution in [0.3, 0.4) is 0 Å². The summed E-state index contributed by atoms with van der Waals surface area (Å²) in [6, 6.07) is 8.75. The second-order valence-electron chi connectivity index (χ2n) is 4.07. The van der Waals surface area contributed by atoms with Crippen LogP contribution in [0.25, 0.3) is 0 Å². The Bertz CT molecular complexity index is 298. The monoisotopic (exact) mass is 207 g/mol. The molecule has 0 aliphatic rings. The summed E-state index contributed by atoms with van der Waals surface area (Å²) in [6.07, 6.45) is 1.05. The molecule has 1 aromatic carbocycles. The van der Waals surface area contributed by atoms with E-state index < -0.39 is 0 Å². The summed E-state index contributed by atoms with van der Waals surface area (Å²) in [5, 5.41) is 3.28. The summed E-state index contributed by atoms with van der Waals surface area (Å²) in [5.41, 5.74) is 1.29. The lowest BCUT2D eigenvalue weighted by molar-refractivity contribution is 0.390. The smallest absolute Gasteiger partial charge is 0.122 e. The Hall–Kier alpha value is -1.02. The number of hydrogen-bond acceptors (Lipinski definition) is 2. The zero-order valence-electron chi connectivity index (χ0n) is 10.1. The zero-order chi connectivity index (χ0) is 11.3. The number of ether oxygens (including phenoxy) is 1. The van der Waals surface area contributed by atoms with Gasteiger partial charge in [0.1, 0.15) is 5.75 Å². The highest BCUT2D eigenvalue weighted by molar-refractivity contribution is 5.33. The quantitative estimate of drug-likeness (QED) is 0.801. The maximum absolute atomic E-state index is 5.34. The molecule has 1 rings (SSSR count). The van der Waals surface area contributed by atoms with E-state index in [0.29, 0.717) is 12.0 Å². The second kappa shape index (κ2) is 5.76. The van der Waals surface area contributed by atoms with Crippen LogP contribution in [-0.2, 0) is 6.42 Å². The molecule has 0 saturated carbocycles. The van der Waals surface area contributed by atoms with Crippen molar-refractivity contribution in [2.24, 2.45) is 5.92 Å². The number of para-hydroxylation sites is 1. The molecule has 1 N–H and O–H groups in total. The molecule has 1 aromatic rings. The van der Waals surface area contributed by atoms with E-state index in [1.807, 2.05) is 19.2 Å². The third kappa shape index (κ3) is 3.24. The Labute approximate surface area is 92.6 Å². The van der Waals surface area contributed by atoms with Crippen LogP contribution in [0.4, 0.5) is 0 Å². The van der Waals surface area contributed by atoms with Gasteiger partial charge in [-0.25, -0.2) is 0 Å². The third-order valence-corrected chi connectivity index (χ3v) is 3.04. The van der Waals surface area contributed by atoms with E-state index in [2.05, 4.69) is 31.3 Å². The normalized spacial score (nSPS) is 14.7. The SMILES string of the molecule is CNC(C)C(C)Cc1ccccc1OC. The number of methoxy groups -OCH3 is 1. The van der Waals surface area contributed by atoms with Crippen LogP contribution in [0.15, 0.2) is 24.3 Å². The molecule has 2 heteroatoms. The lowest BCUT2D eigenvalue weighted by Crippen LogP contribution is -2.29. The molecule has 0 spiro atoms. The summed E-state index contributed by atoms with van der Waals surface area (Å²) in [4.78, 5) is 0. The molecule has 2 unspecified atom stereocenters. The molecule has 0 amide bonds. The van der Waals surface area contributed by atoms with Crippen LogP contribution in [0.1, 0.15) is 19.4 Å². The predicted molar refractivity (Wildman–Crippen MR) is 64.4 cm³/mol. The number of rotatable bonds is 5. The summed E-state index contributed by atoms with van der Waals surface area (Å²) in [5.74, 6) is 1.60.